The molecule has 0 aliphatic heterocycles. The van der Waals surface area contributed by atoms with E-state index in [0.717, 1.165) is 15.7 Å². The summed E-state index contributed by atoms with van der Waals surface area (Å²) in [6.45, 7) is 2.67. The van der Waals surface area contributed by atoms with Gasteiger partial charge in [-0.25, -0.2) is 0 Å². The van der Waals surface area contributed by atoms with Crippen LogP contribution in [0.4, 0.5) is 17.5 Å². The van der Waals surface area contributed by atoms with Gasteiger partial charge in [0.1, 0.15) is 0 Å². The summed E-state index contributed by atoms with van der Waals surface area (Å²) in [7, 11) is 0. The van der Waals surface area contributed by atoms with E-state index in [1.165, 1.54) is 12.1 Å². The molecule has 0 saturated heterocycles. The second-order valence-electron chi connectivity index (χ2n) is 6.67. The predicted molar refractivity (Wildman–Crippen MR) is 124 cm³/mol. The standard InChI is InChI=1S/C21H18ClN7O2S/c1-2-28-20(26-27-21(28)32-13-15-6-3-4-9-17(15)22)23-19-11-10-18(24-25-19)14-7-5-8-16(12-14)29(30)31/h3-12H,2,13H2,1H3,(H,23,25,26). The van der Waals surface area contributed by atoms with Gasteiger partial charge in [0, 0.05) is 35.0 Å². The fourth-order valence-electron chi connectivity index (χ4n) is 2.98. The molecule has 4 aromatic rings. The van der Waals surface area contributed by atoms with Gasteiger partial charge in [0.05, 0.1) is 10.6 Å². The Bertz CT molecular complexity index is 1250. The van der Waals surface area contributed by atoms with Gasteiger partial charge in [-0.2, -0.15) is 0 Å². The number of thioether (sulfide) groups is 1. The van der Waals surface area contributed by atoms with E-state index in [9.17, 15) is 10.1 Å². The van der Waals surface area contributed by atoms with Gasteiger partial charge in [0.25, 0.3) is 5.69 Å². The van der Waals surface area contributed by atoms with Crippen molar-refractivity contribution < 1.29 is 4.92 Å². The number of nitro benzene ring substituents is 1. The van der Waals surface area contributed by atoms with Crippen molar-refractivity contribution in [1.82, 2.24) is 25.0 Å². The van der Waals surface area contributed by atoms with Crippen molar-refractivity contribution in [2.75, 3.05) is 5.32 Å². The minimum absolute atomic E-state index is 0.00405. The Labute approximate surface area is 193 Å². The lowest BCUT2D eigenvalue weighted by Gasteiger charge is -2.09. The van der Waals surface area contributed by atoms with Crippen molar-refractivity contribution in [3.05, 3.63) is 81.4 Å². The van der Waals surface area contributed by atoms with Crippen LogP contribution in [0.3, 0.4) is 0 Å². The number of aromatic nitrogens is 5. The molecule has 2 heterocycles. The number of hydrogen-bond acceptors (Lipinski definition) is 8. The van der Waals surface area contributed by atoms with E-state index in [-0.39, 0.29) is 5.69 Å². The minimum atomic E-state index is -0.439. The summed E-state index contributed by atoms with van der Waals surface area (Å²) in [5, 5.41) is 32.5. The lowest BCUT2D eigenvalue weighted by atomic mass is 10.1. The quantitative estimate of drug-likeness (QED) is 0.209. The van der Waals surface area contributed by atoms with E-state index >= 15 is 0 Å². The number of nitrogens with zero attached hydrogens (tertiary/aromatic N) is 6. The third kappa shape index (κ3) is 4.87. The van der Waals surface area contributed by atoms with E-state index in [2.05, 4.69) is 25.7 Å². The molecule has 4 rings (SSSR count). The maximum Gasteiger partial charge on any atom is 0.270 e. The Morgan fingerprint density at radius 1 is 1.06 bits per heavy atom. The summed E-state index contributed by atoms with van der Waals surface area (Å²) in [5.41, 5.74) is 2.19. The largest absolute Gasteiger partial charge is 0.307 e. The van der Waals surface area contributed by atoms with Gasteiger partial charge in [-0.05, 0) is 30.7 Å². The van der Waals surface area contributed by atoms with E-state index in [0.29, 0.717) is 35.3 Å². The molecule has 11 heteroatoms. The van der Waals surface area contributed by atoms with Crippen molar-refractivity contribution in [3.8, 4) is 11.3 Å². The van der Waals surface area contributed by atoms with Crippen LogP contribution in [-0.2, 0) is 12.3 Å². The molecule has 2 aromatic carbocycles. The number of nitrogens with one attached hydrogen (secondary N) is 1. The lowest BCUT2D eigenvalue weighted by Crippen LogP contribution is -2.05. The van der Waals surface area contributed by atoms with Crippen LogP contribution in [0, 0.1) is 10.1 Å². The lowest BCUT2D eigenvalue weighted by molar-refractivity contribution is -0.384. The van der Waals surface area contributed by atoms with E-state index in [1.807, 2.05) is 35.8 Å². The first-order valence-electron chi connectivity index (χ1n) is 9.70. The molecule has 2 aromatic heterocycles. The fourth-order valence-corrected chi connectivity index (χ4v) is 4.27. The minimum Gasteiger partial charge on any atom is -0.307 e. The molecule has 0 bridgehead atoms. The molecule has 0 unspecified atom stereocenters. The molecule has 1 N–H and O–H groups in total. The topological polar surface area (TPSA) is 112 Å². The highest BCUT2D eigenvalue weighted by Crippen LogP contribution is 2.28. The zero-order valence-electron chi connectivity index (χ0n) is 17.0. The van der Waals surface area contributed by atoms with Crippen LogP contribution >= 0.6 is 23.4 Å². The molecule has 0 radical (unpaired) electrons. The van der Waals surface area contributed by atoms with Crippen molar-refractivity contribution in [3.63, 3.8) is 0 Å². The van der Waals surface area contributed by atoms with Crippen LogP contribution in [0.5, 0.6) is 0 Å². The molecule has 0 fully saturated rings. The molecule has 0 saturated carbocycles. The van der Waals surface area contributed by atoms with Crippen LogP contribution < -0.4 is 5.32 Å². The average Bonchev–Trinajstić information content (AvgIpc) is 3.20. The first-order valence-corrected chi connectivity index (χ1v) is 11.1. The second kappa shape index (κ2) is 9.75. The highest BCUT2D eigenvalue weighted by atomic mass is 35.5. The number of rotatable bonds is 8. The number of halogens is 1. The van der Waals surface area contributed by atoms with E-state index in [4.69, 9.17) is 11.6 Å². The van der Waals surface area contributed by atoms with Gasteiger partial charge >= 0.3 is 0 Å². The average molecular weight is 468 g/mol. The molecular weight excluding hydrogens is 450 g/mol. The number of benzene rings is 2. The maximum absolute atomic E-state index is 11.0. The van der Waals surface area contributed by atoms with Gasteiger partial charge < -0.3 is 5.32 Å². The Balaban J connectivity index is 1.48. The number of anilines is 2. The first-order chi connectivity index (χ1) is 15.5. The Morgan fingerprint density at radius 3 is 2.62 bits per heavy atom. The Hall–Kier alpha value is -3.50. The maximum atomic E-state index is 11.0. The highest BCUT2D eigenvalue weighted by molar-refractivity contribution is 7.98. The van der Waals surface area contributed by atoms with Crippen molar-refractivity contribution >= 4 is 40.8 Å². The van der Waals surface area contributed by atoms with Crippen molar-refractivity contribution in [2.45, 2.75) is 24.4 Å². The summed E-state index contributed by atoms with van der Waals surface area (Å²) in [6, 6.07) is 17.5. The summed E-state index contributed by atoms with van der Waals surface area (Å²) >= 11 is 7.79. The van der Waals surface area contributed by atoms with E-state index in [1.54, 1.807) is 36.0 Å². The smallest absolute Gasteiger partial charge is 0.270 e. The van der Waals surface area contributed by atoms with Gasteiger partial charge in [0.15, 0.2) is 11.0 Å². The number of hydrogen-bond donors (Lipinski definition) is 1. The molecule has 0 spiro atoms. The molecule has 162 valence electrons. The number of nitro groups is 1. The molecule has 0 aliphatic rings. The van der Waals surface area contributed by atoms with Crippen LogP contribution in [0.2, 0.25) is 5.02 Å². The third-order valence-corrected chi connectivity index (χ3v) is 5.99. The van der Waals surface area contributed by atoms with Crippen molar-refractivity contribution in [1.29, 1.82) is 0 Å². The van der Waals surface area contributed by atoms with Gasteiger partial charge in [-0.15, -0.1) is 20.4 Å². The van der Waals surface area contributed by atoms with Gasteiger partial charge in [-0.3, -0.25) is 14.7 Å². The van der Waals surface area contributed by atoms with Crippen molar-refractivity contribution in [2.24, 2.45) is 0 Å². The predicted octanol–water partition coefficient (Wildman–Crippen LogP) is 5.35. The summed E-state index contributed by atoms with van der Waals surface area (Å²) in [4.78, 5) is 10.5. The Morgan fingerprint density at radius 2 is 1.91 bits per heavy atom. The number of non-ortho nitro benzene ring substituents is 1. The zero-order chi connectivity index (χ0) is 22.5. The van der Waals surface area contributed by atoms with E-state index < -0.39 is 4.92 Å². The zero-order valence-corrected chi connectivity index (χ0v) is 18.5. The van der Waals surface area contributed by atoms with Gasteiger partial charge in [0.2, 0.25) is 5.95 Å². The first kappa shape index (κ1) is 21.7. The monoisotopic (exact) mass is 467 g/mol. The molecule has 0 aliphatic carbocycles. The summed E-state index contributed by atoms with van der Waals surface area (Å²) in [5.74, 6) is 1.71. The van der Waals surface area contributed by atoms with Crippen LogP contribution in [-0.4, -0.2) is 29.9 Å². The molecular formula is C21H18ClN7O2S. The molecule has 0 atom stereocenters. The normalized spacial score (nSPS) is 10.8. The van der Waals surface area contributed by atoms with Crippen LogP contribution in [0.15, 0.2) is 65.8 Å². The Kier molecular flexibility index (Phi) is 6.62. The molecule has 0 amide bonds. The third-order valence-electron chi connectivity index (χ3n) is 4.60. The highest BCUT2D eigenvalue weighted by Gasteiger charge is 2.14. The van der Waals surface area contributed by atoms with Gasteiger partial charge in [-0.1, -0.05) is 53.7 Å². The SMILES string of the molecule is CCn1c(Nc2ccc(-c3cccc([N+](=O)[O-])c3)nn2)nnc1SCc1ccccc1Cl. The molecule has 32 heavy (non-hydrogen) atoms. The summed E-state index contributed by atoms with van der Waals surface area (Å²) in [6.07, 6.45) is 0. The molecule has 9 nitrogen and oxygen atoms in total. The van der Waals surface area contributed by atoms with Crippen LogP contribution in [0.1, 0.15) is 12.5 Å². The fraction of sp³-hybridized carbons (Fsp3) is 0.143. The summed E-state index contributed by atoms with van der Waals surface area (Å²) < 4.78 is 1.94. The van der Waals surface area contributed by atoms with Crippen LogP contribution in [0.25, 0.3) is 11.3 Å². The second-order valence-corrected chi connectivity index (χ2v) is 8.02.